The fourth-order valence-electron chi connectivity index (χ4n) is 3.13. The van der Waals surface area contributed by atoms with E-state index in [9.17, 15) is 5.11 Å². The van der Waals surface area contributed by atoms with Crippen LogP contribution in [0.3, 0.4) is 0 Å². The van der Waals surface area contributed by atoms with Crippen LogP contribution in [0.4, 0.5) is 0 Å². The number of aliphatic hydroxyl groups is 1. The second-order valence-electron chi connectivity index (χ2n) is 7.11. The van der Waals surface area contributed by atoms with Crippen LogP contribution in [0.15, 0.2) is 12.7 Å². The summed E-state index contributed by atoms with van der Waals surface area (Å²) in [5, 5.41) is 10.2. The van der Waals surface area contributed by atoms with Crippen LogP contribution in [0.5, 0.6) is 0 Å². The van der Waals surface area contributed by atoms with E-state index in [4.69, 9.17) is 0 Å². The Kier molecular flexibility index (Phi) is 14.4. The standard InChI is InChI=1S/C20H40O/c1-5-7-9-10-11-12-13-15-19(4)17-20(21)16-18(3)14-8-6-2/h5,18-21H,1,6-17H2,2-4H3/t18-,19+,20+/m0/s1. The molecule has 0 aromatic heterocycles. The van der Waals surface area contributed by atoms with Crippen molar-refractivity contribution in [3.63, 3.8) is 0 Å². The number of aliphatic hydroxyl groups excluding tert-OH is 1. The molecule has 0 spiro atoms. The molecule has 0 heterocycles. The van der Waals surface area contributed by atoms with Crippen LogP contribution >= 0.6 is 0 Å². The number of rotatable bonds is 15. The Balaban J connectivity index is 3.50. The molecule has 1 heteroatoms. The van der Waals surface area contributed by atoms with Gasteiger partial charge in [0.05, 0.1) is 6.10 Å². The maximum Gasteiger partial charge on any atom is 0.0545 e. The number of hydrogen-bond acceptors (Lipinski definition) is 1. The summed E-state index contributed by atoms with van der Waals surface area (Å²) >= 11 is 0. The Morgan fingerprint density at radius 1 is 0.857 bits per heavy atom. The van der Waals surface area contributed by atoms with E-state index in [0.717, 1.165) is 12.8 Å². The van der Waals surface area contributed by atoms with Gasteiger partial charge in [-0.15, -0.1) is 6.58 Å². The lowest BCUT2D eigenvalue weighted by molar-refractivity contribution is 0.115. The van der Waals surface area contributed by atoms with Crippen molar-refractivity contribution in [1.82, 2.24) is 0 Å². The molecule has 1 N–H and O–H groups in total. The van der Waals surface area contributed by atoms with E-state index in [1.165, 1.54) is 64.2 Å². The second-order valence-corrected chi connectivity index (χ2v) is 7.11. The zero-order chi connectivity index (χ0) is 15.9. The van der Waals surface area contributed by atoms with Crippen molar-refractivity contribution >= 4 is 0 Å². The molecule has 0 amide bonds. The van der Waals surface area contributed by atoms with Crippen molar-refractivity contribution in [2.24, 2.45) is 11.8 Å². The van der Waals surface area contributed by atoms with E-state index in [0.29, 0.717) is 11.8 Å². The number of unbranched alkanes of at least 4 members (excludes halogenated alkanes) is 6. The molecule has 0 fully saturated rings. The Morgan fingerprint density at radius 2 is 1.38 bits per heavy atom. The highest BCUT2D eigenvalue weighted by Crippen LogP contribution is 2.21. The zero-order valence-corrected chi connectivity index (χ0v) is 14.9. The van der Waals surface area contributed by atoms with Crippen LogP contribution < -0.4 is 0 Å². The average molecular weight is 297 g/mol. The lowest BCUT2D eigenvalue weighted by Gasteiger charge is -2.19. The Morgan fingerprint density at radius 3 is 1.95 bits per heavy atom. The molecular formula is C20H40O. The summed E-state index contributed by atoms with van der Waals surface area (Å²) in [6.45, 7) is 10.6. The van der Waals surface area contributed by atoms with Gasteiger partial charge in [-0.1, -0.05) is 78.2 Å². The van der Waals surface area contributed by atoms with Gasteiger partial charge in [0.25, 0.3) is 0 Å². The molecule has 1 nitrogen and oxygen atoms in total. The van der Waals surface area contributed by atoms with Crippen molar-refractivity contribution in [1.29, 1.82) is 0 Å². The van der Waals surface area contributed by atoms with E-state index in [1.807, 2.05) is 6.08 Å². The molecule has 0 aliphatic rings. The van der Waals surface area contributed by atoms with Gasteiger partial charge in [0.2, 0.25) is 0 Å². The molecule has 126 valence electrons. The van der Waals surface area contributed by atoms with E-state index in [2.05, 4.69) is 27.4 Å². The van der Waals surface area contributed by atoms with Gasteiger partial charge < -0.3 is 5.11 Å². The largest absolute Gasteiger partial charge is 0.393 e. The third-order valence-electron chi connectivity index (χ3n) is 4.50. The molecule has 0 aliphatic heterocycles. The third-order valence-corrected chi connectivity index (χ3v) is 4.50. The first kappa shape index (κ1) is 20.7. The quantitative estimate of drug-likeness (QED) is 0.270. The van der Waals surface area contributed by atoms with Crippen LogP contribution in [0, 0.1) is 11.8 Å². The van der Waals surface area contributed by atoms with Crippen LogP contribution in [0.2, 0.25) is 0 Å². The smallest absolute Gasteiger partial charge is 0.0545 e. The van der Waals surface area contributed by atoms with Gasteiger partial charge in [0.1, 0.15) is 0 Å². The Hall–Kier alpha value is -0.300. The van der Waals surface area contributed by atoms with Gasteiger partial charge in [-0.2, -0.15) is 0 Å². The fourth-order valence-corrected chi connectivity index (χ4v) is 3.13. The summed E-state index contributed by atoms with van der Waals surface area (Å²) in [4.78, 5) is 0. The van der Waals surface area contributed by atoms with Gasteiger partial charge in [-0.05, 0) is 37.5 Å². The van der Waals surface area contributed by atoms with Gasteiger partial charge in [0, 0.05) is 0 Å². The normalized spacial score (nSPS) is 15.6. The minimum absolute atomic E-state index is 0.0838. The number of allylic oxidation sites excluding steroid dienone is 1. The molecule has 3 atom stereocenters. The predicted molar refractivity (Wildman–Crippen MR) is 95.6 cm³/mol. The summed E-state index contributed by atoms with van der Waals surface area (Å²) in [5.74, 6) is 1.35. The van der Waals surface area contributed by atoms with Crippen LogP contribution in [0.25, 0.3) is 0 Å². The highest BCUT2D eigenvalue weighted by molar-refractivity contribution is 4.67. The molecule has 0 saturated carbocycles. The maximum absolute atomic E-state index is 10.2. The molecule has 0 bridgehead atoms. The van der Waals surface area contributed by atoms with Gasteiger partial charge in [-0.25, -0.2) is 0 Å². The molecule has 0 radical (unpaired) electrons. The van der Waals surface area contributed by atoms with Crippen molar-refractivity contribution in [2.75, 3.05) is 0 Å². The summed E-state index contributed by atoms with van der Waals surface area (Å²) in [5.41, 5.74) is 0. The zero-order valence-electron chi connectivity index (χ0n) is 14.9. The van der Waals surface area contributed by atoms with E-state index >= 15 is 0 Å². The van der Waals surface area contributed by atoms with Gasteiger partial charge in [0.15, 0.2) is 0 Å². The van der Waals surface area contributed by atoms with Crippen molar-refractivity contribution in [2.45, 2.75) is 104 Å². The van der Waals surface area contributed by atoms with E-state index in [1.54, 1.807) is 0 Å². The predicted octanol–water partition coefficient (Wildman–Crippen LogP) is 6.51. The minimum atomic E-state index is -0.0838. The molecule has 0 unspecified atom stereocenters. The second kappa shape index (κ2) is 14.6. The summed E-state index contributed by atoms with van der Waals surface area (Å²) < 4.78 is 0. The molecule has 0 rings (SSSR count). The molecule has 0 aliphatic carbocycles. The van der Waals surface area contributed by atoms with Crippen LogP contribution in [-0.2, 0) is 0 Å². The SMILES string of the molecule is C=CCCCCCCC[C@@H](C)C[C@H](O)C[C@@H](C)CCCC. The van der Waals surface area contributed by atoms with E-state index < -0.39 is 0 Å². The van der Waals surface area contributed by atoms with E-state index in [-0.39, 0.29) is 6.10 Å². The van der Waals surface area contributed by atoms with Gasteiger partial charge >= 0.3 is 0 Å². The topological polar surface area (TPSA) is 20.2 Å². The van der Waals surface area contributed by atoms with Crippen LogP contribution in [0.1, 0.15) is 97.8 Å². The summed E-state index contributed by atoms with van der Waals surface area (Å²) in [7, 11) is 0. The number of hydrogen-bond donors (Lipinski definition) is 1. The summed E-state index contributed by atoms with van der Waals surface area (Å²) in [6.07, 6.45) is 16.9. The minimum Gasteiger partial charge on any atom is -0.393 e. The van der Waals surface area contributed by atoms with Crippen molar-refractivity contribution in [3.8, 4) is 0 Å². The lowest BCUT2D eigenvalue weighted by Crippen LogP contribution is -2.15. The average Bonchev–Trinajstić information content (AvgIpc) is 2.43. The Labute approximate surface area is 134 Å². The summed E-state index contributed by atoms with van der Waals surface area (Å²) in [6, 6.07) is 0. The van der Waals surface area contributed by atoms with Crippen molar-refractivity contribution in [3.05, 3.63) is 12.7 Å². The van der Waals surface area contributed by atoms with Crippen LogP contribution in [-0.4, -0.2) is 11.2 Å². The first-order valence-electron chi connectivity index (χ1n) is 9.39. The fraction of sp³-hybridized carbons (Fsp3) is 0.900. The lowest BCUT2D eigenvalue weighted by atomic mass is 9.90. The molecular weight excluding hydrogens is 256 g/mol. The maximum atomic E-state index is 10.2. The molecule has 21 heavy (non-hydrogen) atoms. The first-order chi connectivity index (χ1) is 10.1. The molecule has 0 aromatic carbocycles. The highest BCUT2D eigenvalue weighted by atomic mass is 16.3. The molecule has 0 saturated heterocycles. The van der Waals surface area contributed by atoms with Gasteiger partial charge in [-0.3, -0.25) is 0 Å². The monoisotopic (exact) mass is 296 g/mol. The Bertz CT molecular complexity index is 224. The van der Waals surface area contributed by atoms with Crippen molar-refractivity contribution < 1.29 is 5.11 Å². The first-order valence-corrected chi connectivity index (χ1v) is 9.39. The highest BCUT2D eigenvalue weighted by Gasteiger charge is 2.13. The third kappa shape index (κ3) is 14.4. The molecule has 0 aromatic rings.